The molecule has 25 heavy (non-hydrogen) atoms. The smallest absolute Gasteiger partial charge is 0.386 e. The SMILES string of the molecule is C/C=C(\C)C(=O)O.O=C(OOC(=O)c1ccccc1)c1ccccc1. The normalized spacial score (nSPS) is 10.1. The molecule has 0 saturated carbocycles. The zero-order valence-electron chi connectivity index (χ0n) is 13.8. The Labute approximate surface area is 145 Å². The van der Waals surface area contributed by atoms with E-state index in [0.29, 0.717) is 16.7 Å². The van der Waals surface area contributed by atoms with Crippen LogP contribution < -0.4 is 0 Å². The molecule has 0 spiro atoms. The summed E-state index contributed by atoms with van der Waals surface area (Å²) in [7, 11) is 0. The highest BCUT2D eigenvalue weighted by atomic mass is 17.2. The monoisotopic (exact) mass is 342 g/mol. The van der Waals surface area contributed by atoms with Gasteiger partial charge in [0.05, 0.1) is 11.1 Å². The molecule has 0 radical (unpaired) electrons. The number of carboxylic acid groups (broad SMARTS) is 1. The molecule has 0 aromatic heterocycles. The minimum atomic E-state index is -0.845. The van der Waals surface area contributed by atoms with Gasteiger partial charge in [0.2, 0.25) is 0 Å². The topological polar surface area (TPSA) is 89.9 Å². The number of benzene rings is 2. The van der Waals surface area contributed by atoms with E-state index in [4.69, 9.17) is 5.11 Å². The summed E-state index contributed by atoms with van der Waals surface area (Å²) in [5.74, 6) is -2.26. The van der Waals surface area contributed by atoms with Crippen LogP contribution in [0.1, 0.15) is 34.6 Å². The second-order valence-corrected chi connectivity index (χ2v) is 4.75. The van der Waals surface area contributed by atoms with Crippen LogP contribution in [0.15, 0.2) is 72.3 Å². The van der Waals surface area contributed by atoms with Crippen LogP contribution in [0.5, 0.6) is 0 Å². The van der Waals surface area contributed by atoms with E-state index < -0.39 is 17.9 Å². The average Bonchev–Trinajstić information content (AvgIpc) is 2.66. The Kier molecular flexibility index (Phi) is 8.15. The van der Waals surface area contributed by atoms with Crippen molar-refractivity contribution in [3.05, 3.63) is 83.4 Å². The fourth-order valence-electron chi connectivity index (χ4n) is 1.44. The number of carbonyl (C=O) groups is 3. The molecule has 0 amide bonds. The number of allylic oxidation sites excluding steroid dienone is 1. The third kappa shape index (κ3) is 7.13. The van der Waals surface area contributed by atoms with Gasteiger partial charge in [0.1, 0.15) is 0 Å². The van der Waals surface area contributed by atoms with Crippen molar-refractivity contribution in [3.63, 3.8) is 0 Å². The maximum atomic E-state index is 11.5. The number of rotatable bonds is 3. The van der Waals surface area contributed by atoms with Crippen molar-refractivity contribution in [2.75, 3.05) is 0 Å². The molecular formula is C19H18O6. The lowest BCUT2D eigenvalue weighted by atomic mass is 10.2. The van der Waals surface area contributed by atoms with Gasteiger partial charge in [-0.05, 0) is 38.1 Å². The summed E-state index contributed by atoms with van der Waals surface area (Å²) in [4.78, 5) is 41.7. The molecule has 0 atom stereocenters. The van der Waals surface area contributed by atoms with Crippen LogP contribution in [-0.4, -0.2) is 23.0 Å². The molecule has 2 aromatic rings. The molecule has 0 unspecified atom stereocenters. The van der Waals surface area contributed by atoms with E-state index in [1.54, 1.807) is 80.6 Å². The first-order valence-electron chi connectivity index (χ1n) is 7.35. The Morgan fingerprint density at radius 1 is 0.800 bits per heavy atom. The Morgan fingerprint density at radius 3 is 1.40 bits per heavy atom. The van der Waals surface area contributed by atoms with Crippen LogP contribution in [0.4, 0.5) is 0 Å². The molecule has 0 aliphatic carbocycles. The van der Waals surface area contributed by atoms with E-state index in [1.807, 2.05) is 0 Å². The maximum absolute atomic E-state index is 11.5. The lowest BCUT2D eigenvalue weighted by Gasteiger charge is -2.02. The van der Waals surface area contributed by atoms with Crippen molar-refractivity contribution in [2.24, 2.45) is 0 Å². The predicted molar refractivity (Wildman–Crippen MR) is 90.8 cm³/mol. The van der Waals surface area contributed by atoms with Crippen molar-refractivity contribution in [3.8, 4) is 0 Å². The Morgan fingerprint density at radius 2 is 1.16 bits per heavy atom. The van der Waals surface area contributed by atoms with Crippen LogP contribution in [0.25, 0.3) is 0 Å². The second-order valence-electron chi connectivity index (χ2n) is 4.75. The molecule has 0 fully saturated rings. The third-order valence-corrected chi connectivity index (χ3v) is 2.98. The summed E-state index contributed by atoms with van der Waals surface area (Å²) in [6.07, 6.45) is 1.56. The summed E-state index contributed by atoms with van der Waals surface area (Å²) in [6.45, 7) is 3.26. The van der Waals surface area contributed by atoms with E-state index in [2.05, 4.69) is 9.78 Å². The molecule has 0 heterocycles. The number of carbonyl (C=O) groups excluding carboxylic acids is 2. The van der Waals surface area contributed by atoms with E-state index in [1.165, 1.54) is 0 Å². The Hall–Kier alpha value is -3.41. The van der Waals surface area contributed by atoms with E-state index in [-0.39, 0.29) is 0 Å². The lowest BCUT2D eigenvalue weighted by Crippen LogP contribution is -2.11. The van der Waals surface area contributed by atoms with Gasteiger partial charge in [0.25, 0.3) is 0 Å². The van der Waals surface area contributed by atoms with Crippen molar-refractivity contribution < 1.29 is 29.3 Å². The fourth-order valence-corrected chi connectivity index (χ4v) is 1.44. The molecule has 6 nitrogen and oxygen atoms in total. The summed E-state index contributed by atoms with van der Waals surface area (Å²) < 4.78 is 0. The number of hydrogen-bond donors (Lipinski definition) is 1. The van der Waals surface area contributed by atoms with E-state index in [9.17, 15) is 14.4 Å². The van der Waals surface area contributed by atoms with Crippen LogP contribution in [0.2, 0.25) is 0 Å². The van der Waals surface area contributed by atoms with Gasteiger partial charge in [0.15, 0.2) is 0 Å². The summed E-state index contributed by atoms with van der Waals surface area (Å²) in [5, 5.41) is 8.11. The molecule has 1 N–H and O–H groups in total. The first-order valence-corrected chi connectivity index (χ1v) is 7.35. The van der Waals surface area contributed by atoms with Crippen LogP contribution >= 0.6 is 0 Å². The fraction of sp³-hybridized carbons (Fsp3) is 0.105. The highest BCUT2D eigenvalue weighted by Crippen LogP contribution is 2.05. The van der Waals surface area contributed by atoms with Gasteiger partial charge in [-0.3, -0.25) is 0 Å². The number of carboxylic acids is 1. The van der Waals surface area contributed by atoms with Gasteiger partial charge in [-0.25, -0.2) is 24.2 Å². The van der Waals surface area contributed by atoms with Gasteiger partial charge >= 0.3 is 17.9 Å². The lowest BCUT2D eigenvalue weighted by molar-refractivity contribution is -0.187. The number of hydrogen-bond acceptors (Lipinski definition) is 5. The van der Waals surface area contributed by atoms with Crippen LogP contribution in [0.3, 0.4) is 0 Å². The van der Waals surface area contributed by atoms with Crippen LogP contribution in [0, 0.1) is 0 Å². The first-order chi connectivity index (χ1) is 12.0. The van der Waals surface area contributed by atoms with E-state index >= 15 is 0 Å². The highest BCUT2D eigenvalue weighted by molar-refractivity contribution is 5.92. The minimum absolute atomic E-state index is 0.318. The molecule has 0 aliphatic rings. The summed E-state index contributed by atoms with van der Waals surface area (Å²) >= 11 is 0. The zero-order valence-corrected chi connectivity index (χ0v) is 13.8. The highest BCUT2D eigenvalue weighted by Gasteiger charge is 2.12. The Balaban J connectivity index is 0.000000381. The summed E-state index contributed by atoms with van der Waals surface area (Å²) in [5.41, 5.74) is 1.02. The molecule has 2 aromatic carbocycles. The largest absolute Gasteiger partial charge is 0.478 e. The molecule has 2 rings (SSSR count). The molecular weight excluding hydrogens is 324 g/mol. The number of aliphatic carboxylic acids is 1. The van der Waals surface area contributed by atoms with Crippen molar-refractivity contribution in [1.82, 2.24) is 0 Å². The predicted octanol–water partition coefficient (Wildman–Crippen LogP) is 3.65. The van der Waals surface area contributed by atoms with Crippen molar-refractivity contribution >= 4 is 17.9 Å². The maximum Gasteiger partial charge on any atom is 0.386 e. The van der Waals surface area contributed by atoms with Gasteiger partial charge < -0.3 is 5.11 Å². The molecule has 0 saturated heterocycles. The van der Waals surface area contributed by atoms with Gasteiger partial charge in [-0.1, -0.05) is 42.5 Å². The second kappa shape index (κ2) is 10.4. The molecule has 130 valence electrons. The average molecular weight is 342 g/mol. The molecule has 0 aliphatic heterocycles. The molecule has 0 bridgehead atoms. The van der Waals surface area contributed by atoms with Gasteiger partial charge in [-0.2, -0.15) is 0 Å². The summed E-state index contributed by atoms with van der Waals surface area (Å²) in [6, 6.07) is 16.6. The minimum Gasteiger partial charge on any atom is -0.478 e. The Bertz CT molecular complexity index is 684. The zero-order chi connectivity index (χ0) is 18.7. The third-order valence-electron chi connectivity index (χ3n) is 2.98. The van der Waals surface area contributed by atoms with Gasteiger partial charge in [0, 0.05) is 5.57 Å². The van der Waals surface area contributed by atoms with E-state index in [0.717, 1.165) is 0 Å². The molecule has 6 heteroatoms. The standard InChI is InChI=1S/C14H10O4.C5H8O2/c15-13(11-7-3-1-4-8-11)17-18-14(16)12-9-5-2-6-10-12;1-3-4(2)5(6)7/h1-10H;3H,1-2H3,(H,6,7)/b;4-3+. The quantitative estimate of drug-likeness (QED) is 0.520. The van der Waals surface area contributed by atoms with Crippen molar-refractivity contribution in [2.45, 2.75) is 13.8 Å². The van der Waals surface area contributed by atoms with Crippen molar-refractivity contribution in [1.29, 1.82) is 0 Å². The first kappa shape index (κ1) is 19.6. The van der Waals surface area contributed by atoms with Gasteiger partial charge in [-0.15, -0.1) is 0 Å². The van der Waals surface area contributed by atoms with Crippen LogP contribution in [-0.2, 0) is 14.6 Å².